The highest BCUT2D eigenvalue weighted by Crippen LogP contribution is 2.35. The fraction of sp³-hybridized carbons (Fsp3) is 0.571. The molecule has 0 aromatic heterocycles. The maximum Gasteiger partial charge on any atom is 0.0761 e. The number of nitrogens with two attached hydrogens (primary N) is 1. The van der Waals surface area contributed by atoms with Crippen molar-refractivity contribution in [3.63, 3.8) is 0 Å². The van der Waals surface area contributed by atoms with E-state index < -0.39 is 12.1 Å². The molecule has 2 rings (SSSR count). The van der Waals surface area contributed by atoms with Crippen LogP contribution in [0.25, 0.3) is 0 Å². The molecule has 3 N–H and O–H groups in total. The van der Waals surface area contributed by atoms with E-state index in [2.05, 4.69) is 0 Å². The van der Waals surface area contributed by atoms with Crippen molar-refractivity contribution >= 4 is 35.6 Å². The van der Waals surface area contributed by atoms with Crippen molar-refractivity contribution in [1.82, 2.24) is 0 Å². The summed E-state index contributed by atoms with van der Waals surface area (Å²) in [5, 5.41) is 11.3. The molecule has 1 aliphatic rings. The molecule has 1 aromatic carbocycles. The highest BCUT2D eigenvalue weighted by atomic mass is 35.5. The fourth-order valence-corrected chi connectivity index (χ4v) is 3.16. The normalized spacial score (nSPS) is 19.6. The van der Waals surface area contributed by atoms with E-state index in [1.54, 1.807) is 6.07 Å². The smallest absolute Gasteiger partial charge is 0.0761 e. The van der Waals surface area contributed by atoms with Crippen LogP contribution in [-0.2, 0) is 0 Å². The summed E-state index contributed by atoms with van der Waals surface area (Å²) in [4.78, 5) is 0. The van der Waals surface area contributed by atoms with Gasteiger partial charge in [-0.3, -0.25) is 0 Å². The first kappa shape index (κ1) is 17.1. The Morgan fingerprint density at radius 3 is 2.42 bits per heavy atom. The largest absolute Gasteiger partial charge is 0.391 e. The molecular weight excluding hydrogens is 305 g/mol. The van der Waals surface area contributed by atoms with Crippen LogP contribution in [0.2, 0.25) is 10.0 Å². The van der Waals surface area contributed by atoms with Crippen molar-refractivity contribution in [2.75, 3.05) is 0 Å². The van der Waals surface area contributed by atoms with Gasteiger partial charge in [-0.25, -0.2) is 0 Å². The summed E-state index contributed by atoms with van der Waals surface area (Å²) in [6.07, 6.45) is 5.17. The minimum absolute atomic E-state index is 0. The molecule has 2 atom stereocenters. The standard InChI is InChI=1S/C14H19Cl2NO.ClH/c15-11-8-4-7-10(12(11)16)13(17)14(18)9-5-2-1-3-6-9;/h4,7-9,13-14,18H,1-3,5-6,17H2;1H/t13-,14+;/m0./s1. The van der Waals surface area contributed by atoms with Crippen molar-refractivity contribution < 1.29 is 5.11 Å². The van der Waals surface area contributed by atoms with E-state index in [1.165, 1.54) is 19.3 Å². The van der Waals surface area contributed by atoms with Crippen molar-refractivity contribution in [3.8, 4) is 0 Å². The zero-order valence-corrected chi connectivity index (χ0v) is 13.0. The number of aliphatic hydroxyl groups excluding tert-OH is 1. The predicted molar refractivity (Wildman–Crippen MR) is 83.2 cm³/mol. The quantitative estimate of drug-likeness (QED) is 0.868. The van der Waals surface area contributed by atoms with Gasteiger partial charge in [-0.1, -0.05) is 54.6 Å². The van der Waals surface area contributed by atoms with Gasteiger partial charge in [0.2, 0.25) is 0 Å². The Balaban J connectivity index is 0.00000180. The molecule has 0 unspecified atom stereocenters. The van der Waals surface area contributed by atoms with Crippen LogP contribution in [0.4, 0.5) is 0 Å². The topological polar surface area (TPSA) is 46.2 Å². The second-order valence-electron chi connectivity index (χ2n) is 5.06. The number of rotatable bonds is 3. The average molecular weight is 325 g/mol. The van der Waals surface area contributed by atoms with Gasteiger partial charge in [0.05, 0.1) is 22.2 Å². The molecule has 0 amide bonds. The van der Waals surface area contributed by atoms with Gasteiger partial charge in [0.25, 0.3) is 0 Å². The van der Waals surface area contributed by atoms with Crippen molar-refractivity contribution in [2.45, 2.75) is 44.2 Å². The molecule has 2 nitrogen and oxygen atoms in total. The van der Waals surface area contributed by atoms with Crippen LogP contribution < -0.4 is 5.73 Å². The predicted octanol–water partition coefficient (Wildman–Crippen LogP) is 4.36. The lowest BCUT2D eigenvalue weighted by Crippen LogP contribution is -2.34. The Bertz CT molecular complexity index is 408. The molecule has 0 radical (unpaired) electrons. The summed E-state index contributed by atoms with van der Waals surface area (Å²) in [6.45, 7) is 0. The van der Waals surface area contributed by atoms with E-state index in [1.807, 2.05) is 12.1 Å². The van der Waals surface area contributed by atoms with Crippen molar-refractivity contribution in [3.05, 3.63) is 33.8 Å². The Morgan fingerprint density at radius 1 is 1.16 bits per heavy atom. The first-order valence-electron chi connectivity index (χ1n) is 6.49. The van der Waals surface area contributed by atoms with Crippen LogP contribution in [0.1, 0.15) is 43.7 Å². The van der Waals surface area contributed by atoms with Gasteiger partial charge in [0, 0.05) is 0 Å². The van der Waals surface area contributed by atoms with E-state index in [4.69, 9.17) is 28.9 Å². The van der Waals surface area contributed by atoms with Crippen LogP contribution in [0.3, 0.4) is 0 Å². The highest BCUT2D eigenvalue weighted by Gasteiger charge is 2.28. The Labute approximate surface area is 130 Å². The molecule has 0 saturated heterocycles. The Hall–Kier alpha value is 0.01000. The van der Waals surface area contributed by atoms with Crippen LogP contribution >= 0.6 is 35.6 Å². The lowest BCUT2D eigenvalue weighted by Gasteiger charge is -2.31. The van der Waals surface area contributed by atoms with Crippen LogP contribution in [-0.4, -0.2) is 11.2 Å². The van der Waals surface area contributed by atoms with Gasteiger partial charge in [0.1, 0.15) is 0 Å². The van der Waals surface area contributed by atoms with Crippen LogP contribution in [0, 0.1) is 5.92 Å². The molecule has 1 fully saturated rings. The Kier molecular flexibility index (Phi) is 6.92. The maximum absolute atomic E-state index is 10.4. The molecular formula is C14H20Cl3NO. The molecule has 19 heavy (non-hydrogen) atoms. The number of hydrogen-bond donors (Lipinski definition) is 2. The summed E-state index contributed by atoms with van der Waals surface area (Å²) in [6, 6.07) is 4.92. The molecule has 0 aliphatic heterocycles. The van der Waals surface area contributed by atoms with E-state index in [0.717, 1.165) is 18.4 Å². The summed E-state index contributed by atoms with van der Waals surface area (Å²) < 4.78 is 0. The van der Waals surface area contributed by atoms with Crippen LogP contribution in [0.15, 0.2) is 18.2 Å². The molecule has 0 heterocycles. The number of benzene rings is 1. The summed E-state index contributed by atoms with van der Waals surface area (Å²) in [5.41, 5.74) is 6.88. The molecule has 1 saturated carbocycles. The molecule has 0 bridgehead atoms. The van der Waals surface area contributed by atoms with Gasteiger partial charge >= 0.3 is 0 Å². The van der Waals surface area contributed by atoms with Gasteiger partial charge in [-0.05, 0) is 30.4 Å². The van der Waals surface area contributed by atoms with Gasteiger partial charge < -0.3 is 10.8 Å². The summed E-state index contributed by atoms with van der Waals surface area (Å²) in [5.74, 6) is 0.281. The monoisotopic (exact) mass is 323 g/mol. The lowest BCUT2D eigenvalue weighted by atomic mass is 9.81. The number of hydrogen-bond acceptors (Lipinski definition) is 2. The lowest BCUT2D eigenvalue weighted by molar-refractivity contribution is 0.0618. The van der Waals surface area contributed by atoms with Crippen LogP contribution in [0.5, 0.6) is 0 Å². The molecule has 1 aromatic rings. The molecule has 108 valence electrons. The summed E-state index contributed by atoms with van der Waals surface area (Å²) in [7, 11) is 0. The Morgan fingerprint density at radius 2 is 1.79 bits per heavy atom. The highest BCUT2D eigenvalue weighted by molar-refractivity contribution is 6.42. The van der Waals surface area contributed by atoms with E-state index >= 15 is 0 Å². The third kappa shape index (κ3) is 3.99. The minimum atomic E-state index is -0.540. The zero-order valence-electron chi connectivity index (χ0n) is 10.7. The van der Waals surface area contributed by atoms with Crippen molar-refractivity contribution in [1.29, 1.82) is 0 Å². The van der Waals surface area contributed by atoms with Gasteiger partial charge in [-0.15, -0.1) is 12.4 Å². The second-order valence-corrected chi connectivity index (χ2v) is 5.84. The molecule has 0 spiro atoms. The van der Waals surface area contributed by atoms with E-state index in [0.29, 0.717) is 10.0 Å². The third-order valence-corrected chi connectivity index (χ3v) is 4.67. The first-order chi connectivity index (χ1) is 8.61. The van der Waals surface area contributed by atoms with E-state index in [-0.39, 0.29) is 18.3 Å². The average Bonchev–Trinajstić information content (AvgIpc) is 2.41. The third-order valence-electron chi connectivity index (χ3n) is 3.84. The van der Waals surface area contributed by atoms with Gasteiger partial charge in [0.15, 0.2) is 0 Å². The van der Waals surface area contributed by atoms with Crippen molar-refractivity contribution in [2.24, 2.45) is 11.7 Å². The zero-order chi connectivity index (χ0) is 13.1. The second kappa shape index (κ2) is 7.70. The van der Waals surface area contributed by atoms with Gasteiger partial charge in [-0.2, -0.15) is 0 Å². The minimum Gasteiger partial charge on any atom is -0.391 e. The molecule has 5 heteroatoms. The SMILES string of the molecule is Cl.N[C@@H](c1cccc(Cl)c1Cl)[C@H](O)C1CCCCC1. The molecule has 1 aliphatic carbocycles. The number of aliphatic hydroxyl groups is 1. The fourth-order valence-electron chi connectivity index (χ4n) is 2.73. The van der Waals surface area contributed by atoms with E-state index in [9.17, 15) is 5.11 Å². The maximum atomic E-state index is 10.4. The summed E-state index contributed by atoms with van der Waals surface area (Å²) >= 11 is 12.1. The first-order valence-corrected chi connectivity index (χ1v) is 7.24. The number of halogens is 3.